The zero-order chi connectivity index (χ0) is 14.7. The van der Waals surface area contributed by atoms with Gasteiger partial charge in [0.2, 0.25) is 0 Å². The molecule has 1 heterocycles. The lowest BCUT2D eigenvalue weighted by Crippen LogP contribution is -2.22. The summed E-state index contributed by atoms with van der Waals surface area (Å²) in [6.07, 6.45) is 3.98. The summed E-state index contributed by atoms with van der Waals surface area (Å²) in [5.74, 6) is -0.272. The zero-order valence-corrected chi connectivity index (χ0v) is 10.1. The Kier molecular flexibility index (Phi) is 7.76. The molecule has 2 amide bonds. The maximum absolute atomic E-state index is 10.5. The van der Waals surface area contributed by atoms with E-state index in [1.54, 1.807) is 0 Å². The van der Waals surface area contributed by atoms with Gasteiger partial charge in [0.05, 0.1) is 0 Å². The topological polar surface area (TPSA) is 127 Å². The lowest BCUT2D eigenvalue weighted by molar-refractivity contribution is -0.136. The minimum absolute atomic E-state index is 0.140. The molecular weight excluding hydrogens is 252 g/mol. The molecule has 0 saturated heterocycles. The van der Waals surface area contributed by atoms with E-state index in [9.17, 15) is 14.4 Å². The zero-order valence-electron chi connectivity index (χ0n) is 10.1. The molecule has 0 spiro atoms. The summed E-state index contributed by atoms with van der Waals surface area (Å²) in [6.45, 7) is 6.81. The highest BCUT2D eigenvalue weighted by molar-refractivity contribution is 5.86. The number of nitrogens with one attached hydrogen (secondary N) is 2. The number of hydrogen-bond acceptors (Lipinski definition) is 5. The molecule has 0 aliphatic heterocycles. The van der Waals surface area contributed by atoms with Crippen LogP contribution in [0.25, 0.3) is 0 Å². The molecule has 8 heteroatoms. The van der Waals surface area contributed by atoms with Gasteiger partial charge in [0.1, 0.15) is 12.4 Å². The second-order valence-corrected chi connectivity index (χ2v) is 2.89. The van der Waals surface area contributed by atoms with E-state index in [4.69, 9.17) is 5.73 Å². The number of nitrogens with zero attached hydrogens (tertiary/aromatic N) is 1. The van der Waals surface area contributed by atoms with Gasteiger partial charge in [-0.15, -0.1) is 0 Å². The Morgan fingerprint density at radius 3 is 2.68 bits per heavy atom. The van der Waals surface area contributed by atoms with Crippen molar-refractivity contribution in [3.05, 3.63) is 48.1 Å². The van der Waals surface area contributed by atoms with Crippen LogP contribution in [0, 0.1) is 0 Å². The number of anilines is 1. The smallest absolute Gasteiger partial charge is 0.346 e. The monoisotopic (exact) mass is 266 g/mol. The molecular formula is C11H14N4O4. The minimum atomic E-state index is -0.747. The second kappa shape index (κ2) is 9.16. The summed E-state index contributed by atoms with van der Waals surface area (Å²) < 4.78 is 4.47. The van der Waals surface area contributed by atoms with Gasteiger partial charge in [0.25, 0.3) is 0 Å². The number of urea groups is 1. The van der Waals surface area contributed by atoms with Gasteiger partial charge in [-0.1, -0.05) is 19.2 Å². The van der Waals surface area contributed by atoms with Gasteiger partial charge in [-0.2, -0.15) is 4.98 Å². The van der Waals surface area contributed by atoms with Crippen molar-refractivity contribution in [3.8, 4) is 0 Å². The lowest BCUT2D eigenvalue weighted by atomic mass is 10.6. The molecule has 8 nitrogen and oxygen atoms in total. The highest BCUT2D eigenvalue weighted by Gasteiger charge is 1.95. The van der Waals surface area contributed by atoms with Crippen LogP contribution in [0.5, 0.6) is 0 Å². The van der Waals surface area contributed by atoms with E-state index in [0.29, 0.717) is 0 Å². The van der Waals surface area contributed by atoms with Gasteiger partial charge in [-0.05, 0) is 6.07 Å². The third-order valence-corrected chi connectivity index (χ3v) is 1.43. The van der Waals surface area contributed by atoms with Crippen LogP contribution in [0.2, 0.25) is 0 Å². The summed E-state index contributed by atoms with van der Waals surface area (Å²) in [7, 11) is 0. The van der Waals surface area contributed by atoms with Gasteiger partial charge in [0, 0.05) is 12.3 Å². The number of hydrogen-bond donors (Lipinski definition) is 3. The van der Waals surface area contributed by atoms with Gasteiger partial charge < -0.3 is 15.5 Å². The maximum atomic E-state index is 10.5. The molecule has 102 valence electrons. The largest absolute Gasteiger partial charge is 0.458 e. The lowest BCUT2D eigenvalue weighted by Gasteiger charge is -1.96. The third-order valence-electron chi connectivity index (χ3n) is 1.43. The molecule has 0 unspecified atom stereocenters. The molecule has 0 aliphatic carbocycles. The van der Waals surface area contributed by atoms with Crippen molar-refractivity contribution in [2.45, 2.75) is 0 Å². The Morgan fingerprint density at radius 2 is 2.21 bits per heavy atom. The average molecular weight is 266 g/mol. The fourth-order valence-electron chi connectivity index (χ4n) is 0.767. The maximum Gasteiger partial charge on any atom is 0.346 e. The highest BCUT2D eigenvalue weighted by Crippen LogP contribution is 1.93. The molecule has 1 aromatic heterocycles. The normalized spacial score (nSPS) is 8.42. The number of aromatic amines is 1. The number of carbonyl (C=O) groups excluding carboxylic acids is 2. The molecule has 0 fully saturated rings. The minimum Gasteiger partial charge on any atom is -0.458 e. The number of amides is 2. The third kappa shape index (κ3) is 8.86. The first kappa shape index (κ1) is 16.1. The highest BCUT2D eigenvalue weighted by atomic mass is 16.5. The standard InChI is InChI=1S/C6H8O2.C5H6N4O2/c1-3-5-8-6(7)4-2;6-4(10)8-3-1-2-7-5(11)9-3/h3-4H,1-2,5H2;1-2H,(H4,6,7,8,9,10,11). The Morgan fingerprint density at radius 1 is 1.53 bits per heavy atom. The van der Waals surface area contributed by atoms with Crippen molar-refractivity contribution < 1.29 is 14.3 Å². The number of carbonyl (C=O) groups is 2. The van der Waals surface area contributed by atoms with Crippen LogP contribution in [-0.2, 0) is 9.53 Å². The van der Waals surface area contributed by atoms with Gasteiger partial charge in [-0.25, -0.2) is 14.4 Å². The van der Waals surface area contributed by atoms with Crippen molar-refractivity contribution >= 4 is 17.8 Å². The number of H-pyrrole nitrogens is 1. The predicted octanol–water partition coefficient (Wildman–Crippen LogP) is 0.162. The number of aromatic nitrogens is 2. The molecule has 0 aromatic carbocycles. The Balaban J connectivity index is 0.000000362. The van der Waals surface area contributed by atoms with Crippen LogP contribution >= 0.6 is 0 Å². The van der Waals surface area contributed by atoms with Crippen molar-refractivity contribution in [3.63, 3.8) is 0 Å². The summed E-state index contributed by atoms with van der Waals surface area (Å²) >= 11 is 0. The number of rotatable bonds is 4. The molecule has 0 atom stereocenters. The average Bonchev–Trinajstić information content (AvgIpc) is 2.36. The first-order chi connectivity index (χ1) is 8.99. The fourth-order valence-corrected chi connectivity index (χ4v) is 0.767. The van der Waals surface area contributed by atoms with E-state index < -0.39 is 17.7 Å². The number of ether oxygens (including phenoxy) is 1. The molecule has 1 aromatic rings. The van der Waals surface area contributed by atoms with Crippen LogP contribution in [0.4, 0.5) is 10.6 Å². The van der Waals surface area contributed by atoms with Crippen molar-refractivity contribution in [2.75, 3.05) is 11.9 Å². The van der Waals surface area contributed by atoms with Crippen LogP contribution in [0.1, 0.15) is 0 Å². The Bertz CT molecular complexity index is 509. The molecule has 1 rings (SSSR count). The van der Waals surface area contributed by atoms with Crippen molar-refractivity contribution in [1.82, 2.24) is 9.97 Å². The van der Waals surface area contributed by atoms with Crippen LogP contribution in [-0.4, -0.2) is 28.6 Å². The number of esters is 1. The van der Waals surface area contributed by atoms with Crippen LogP contribution < -0.4 is 16.7 Å². The predicted molar refractivity (Wildman–Crippen MR) is 69.4 cm³/mol. The van der Waals surface area contributed by atoms with Crippen LogP contribution in [0.15, 0.2) is 42.4 Å². The number of nitrogens with two attached hydrogens (primary N) is 1. The molecule has 19 heavy (non-hydrogen) atoms. The summed E-state index contributed by atoms with van der Waals surface area (Å²) in [5, 5.41) is 2.15. The SMILES string of the molecule is C=CCOC(=O)C=C.NC(=O)Nc1cc[nH]c(=O)n1. The van der Waals surface area contributed by atoms with Crippen molar-refractivity contribution in [1.29, 1.82) is 0 Å². The van der Waals surface area contributed by atoms with Gasteiger partial charge in [-0.3, -0.25) is 5.32 Å². The van der Waals surface area contributed by atoms with Crippen LogP contribution in [0.3, 0.4) is 0 Å². The van der Waals surface area contributed by atoms with E-state index in [0.717, 1.165) is 6.08 Å². The summed E-state index contributed by atoms with van der Waals surface area (Å²) in [6, 6.07) is 0.676. The summed E-state index contributed by atoms with van der Waals surface area (Å²) in [5.41, 5.74) is 4.24. The van der Waals surface area contributed by atoms with E-state index in [1.165, 1.54) is 18.3 Å². The van der Waals surface area contributed by atoms with Crippen molar-refractivity contribution in [2.24, 2.45) is 5.73 Å². The van der Waals surface area contributed by atoms with E-state index in [2.05, 4.69) is 33.2 Å². The fraction of sp³-hybridized carbons (Fsp3) is 0.0909. The number of primary amides is 1. The molecule has 0 radical (unpaired) electrons. The Hall–Kier alpha value is -2.90. The van der Waals surface area contributed by atoms with E-state index in [-0.39, 0.29) is 12.4 Å². The molecule has 0 aliphatic rings. The first-order valence-electron chi connectivity index (χ1n) is 5.02. The molecule has 0 bridgehead atoms. The molecule has 4 N–H and O–H groups in total. The van der Waals surface area contributed by atoms with E-state index in [1.807, 2.05) is 0 Å². The van der Waals surface area contributed by atoms with E-state index >= 15 is 0 Å². The quantitative estimate of drug-likeness (QED) is 0.406. The van der Waals surface area contributed by atoms with Gasteiger partial charge >= 0.3 is 17.7 Å². The molecule has 0 saturated carbocycles. The first-order valence-corrected chi connectivity index (χ1v) is 5.02. The van der Waals surface area contributed by atoms with Gasteiger partial charge in [0.15, 0.2) is 0 Å². The summed E-state index contributed by atoms with van der Waals surface area (Å²) in [4.78, 5) is 36.6. The second-order valence-electron chi connectivity index (χ2n) is 2.89. The Labute approximate surface area is 109 Å².